The molecule has 0 aliphatic carbocycles. The molecule has 2 aromatic rings. The van der Waals surface area contributed by atoms with Gasteiger partial charge in [0.15, 0.2) is 17.5 Å². The molecule has 152 valence electrons. The molecule has 0 amide bonds. The molecule has 1 heterocycles. The Kier molecular flexibility index (Phi) is 8.85. The average molecular weight is 496 g/mol. The highest BCUT2D eigenvalue weighted by atomic mass is 127. The van der Waals surface area contributed by atoms with Crippen LogP contribution in [0.3, 0.4) is 0 Å². The zero-order valence-corrected chi connectivity index (χ0v) is 19.0. The first kappa shape index (κ1) is 22.3. The molecule has 0 spiro atoms. The lowest BCUT2D eigenvalue weighted by atomic mass is 10.2. The smallest absolute Gasteiger partial charge is 0.231 e. The van der Waals surface area contributed by atoms with E-state index in [9.17, 15) is 0 Å². The molecule has 1 aliphatic rings. The molecule has 1 aliphatic heterocycles. The SMILES string of the molecule is CN=C(NCc1ccc2c(c1)OCO2)NCC(C)N(C)Cc1ccccc1.I. The number of rotatable bonds is 7. The molecule has 6 nitrogen and oxygen atoms in total. The summed E-state index contributed by atoms with van der Waals surface area (Å²) in [5.74, 6) is 2.39. The Morgan fingerprint density at radius 1 is 1.07 bits per heavy atom. The van der Waals surface area contributed by atoms with Crippen molar-refractivity contribution in [1.29, 1.82) is 0 Å². The van der Waals surface area contributed by atoms with Gasteiger partial charge < -0.3 is 20.1 Å². The third-order valence-corrected chi connectivity index (χ3v) is 4.71. The van der Waals surface area contributed by atoms with Crippen molar-refractivity contribution in [1.82, 2.24) is 15.5 Å². The van der Waals surface area contributed by atoms with Crippen molar-refractivity contribution in [3.05, 3.63) is 59.7 Å². The van der Waals surface area contributed by atoms with Gasteiger partial charge in [-0.05, 0) is 37.2 Å². The maximum Gasteiger partial charge on any atom is 0.231 e. The second-order valence-corrected chi connectivity index (χ2v) is 6.74. The quantitative estimate of drug-likeness (QED) is 0.351. The highest BCUT2D eigenvalue weighted by Crippen LogP contribution is 2.32. The number of hydrogen-bond acceptors (Lipinski definition) is 4. The van der Waals surface area contributed by atoms with Gasteiger partial charge in [-0.2, -0.15) is 0 Å². The zero-order valence-electron chi connectivity index (χ0n) is 16.6. The summed E-state index contributed by atoms with van der Waals surface area (Å²) in [5.41, 5.74) is 2.44. The van der Waals surface area contributed by atoms with Crippen LogP contribution in [0.1, 0.15) is 18.1 Å². The number of nitrogens with zero attached hydrogens (tertiary/aromatic N) is 2. The molecule has 2 N–H and O–H groups in total. The predicted octanol–water partition coefficient (Wildman–Crippen LogP) is 3.22. The van der Waals surface area contributed by atoms with Crippen LogP contribution in [0.25, 0.3) is 0 Å². The van der Waals surface area contributed by atoms with Crippen LogP contribution in [0, 0.1) is 0 Å². The molecule has 0 aromatic heterocycles. The standard InChI is InChI=1S/C21H28N4O2.HI/c1-16(25(3)14-17-7-5-4-6-8-17)12-23-21(22-2)24-13-18-9-10-19-20(11-18)27-15-26-19;/h4-11,16H,12-15H2,1-3H3,(H2,22,23,24);1H. The number of fused-ring (bicyclic) bond motifs is 1. The van der Waals surface area contributed by atoms with Crippen LogP contribution >= 0.6 is 24.0 Å². The van der Waals surface area contributed by atoms with E-state index in [1.165, 1.54) is 5.56 Å². The van der Waals surface area contributed by atoms with Crippen molar-refractivity contribution < 1.29 is 9.47 Å². The van der Waals surface area contributed by atoms with Gasteiger partial charge in [0, 0.05) is 32.7 Å². The number of ether oxygens (including phenoxy) is 2. The molecule has 3 rings (SSSR count). The van der Waals surface area contributed by atoms with Crippen LogP contribution in [-0.4, -0.2) is 44.3 Å². The van der Waals surface area contributed by atoms with E-state index in [4.69, 9.17) is 9.47 Å². The van der Waals surface area contributed by atoms with Gasteiger partial charge in [0.2, 0.25) is 6.79 Å². The maximum absolute atomic E-state index is 5.42. The summed E-state index contributed by atoms with van der Waals surface area (Å²) in [7, 11) is 3.93. The minimum atomic E-state index is 0. The summed E-state index contributed by atoms with van der Waals surface area (Å²) in [6.07, 6.45) is 0. The van der Waals surface area contributed by atoms with E-state index in [1.807, 2.05) is 24.3 Å². The highest BCUT2D eigenvalue weighted by molar-refractivity contribution is 14.0. The van der Waals surface area contributed by atoms with Gasteiger partial charge in [-0.1, -0.05) is 36.4 Å². The van der Waals surface area contributed by atoms with Crippen molar-refractivity contribution in [2.24, 2.45) is 4.99 Å². The van der Waals surface area contributed by atoms with E-state index in [-0.39, 0.29) is 24.0 Å². The van der Waals surface area contributed by atoms with Gasteiger partial charge in [0.1, 0.15) is 0 Å². The van der Waals surface area contributed by atoms with Gasteiger partial charge in [-0.15, -0.1) is 24.0 Å². The van der Waals surface area contributed by atoms with Crippen molar-refractivity contribution in [2.75, 3.05) is 27.4 Å². The van der Waals surface area contributed by atoms with Crippen molar-refractivity contribution in [2.45, 2.75) is 26.1 Å². The number of hydrogen-bond donors (Lipinski definition) is 2. The molecule has 1 unspecified atom stereocenters. The minimum absolute atomic E-state index is 0. The second-order valence-electron chi connectivity index (χ2n) is 6.74. The zero-order chi connectivity index (χ0) is 19.1. The van der Waals surface area contributed by atoms with Crippen LogP contribution in [0.5, 0.6) is 11.5 Å². The van der Waals surface area contributed by atoms with Crippen LogP contribution in [0.2, 0.25) is 0 Å². The van der Waals surface area contributed by atoms with Gasteiger partial charge in [-0.3, -0.25) is 9.89 Å². The first-order valence-corrected chi connectivity index (χ1v) is 9.23. The molecule has 0 saturated heterocycles. The molecule has 0 radical (unpaired) electrons. The first-order valence-electron chi connectivity index (χ1n) is 9.23. The fourth-order valence-electron chi connectivity index (χ4n) is 2.88. The summed E-state index contributed by atoms with van der Waals surface area (Å²) < 4.78 is 10.8. The minimum Gasteiger partial charge on any atom is -0.454 e. The van der Waals surface area contributed by atoms with Crippen LogP contribution < -0.4 is 20.1 Å². The largest absolute Gasteiger partial charge is 0.454 e. The summed E-state index contributed by atoms with van der Waals surface area (Å²) in [4.78, 5) is 6.64. The summed E-state index contributed by atoms with van der Waals surface area (Å²) in [5, 5.41) is 6.74. The van der Waals surface area contributed by atoms with Crippen molar-refractivity contribution in [3.63, 3.8) is 0 Å². The Labute approximate surface area is 184 Å². The topological polar surface area (TPSA) is 58.1 Å². The third kappa shape index (κ3) is 6.27. The Morgan fingerprint density at radius 3 is 2.57 bits per heavy atom. The molecule has 7 heteroatoms. The Balaban J connectivity index is 0.00000280. The molecular formula is C21H29IN4O2. The third-order valence-electron chi connectivity index (χ3n) is 4.71. The van der Waals surface area contributed by atoms with E-state index >= 15 is 0 Å². The van der Waals surface area contributed by atoms with Crippen molar-refractivity contribution >= 4 is 29.9 Å². The van der Waals surface area contributed by atoms with Crippen LogP contribution in [-0.2, 0) is 13.1 Å². The van der Waals surface area contributed by atoms with Gasteiger partial charge in [0.25, 0.3) is 0 Å². The van der Waals surface area contributed by atoms with Gasteiger partial charge in [-0.25, -0.2) is 0 Å². The molecule has 1 atom stereocenters. The number of halogens is 1. The van der Waals surface area contributed by atoms with Gasteiger partial charge in [0.05, 0.1) is 0 Å². The fourth-order valence-corrected chi connectivity index (χ4v) is 2.88. The lowest BCUT2D eigenvalue weighted by Gasteiger charge is -2.25. The van der Waals surface area contributed by atoms with E-state index in [0.717, 1.165) is 36.1 Å². The number of guanidine groups is 1. The summed E-state index contributed by atoms with van der Waals surface area (Å²) in [6.45, 7) is 4.91. The highest BCUT2D eigenvalue weighted by Gasteiger charge is 2.14. The van der Waals surface area contributed by atoms with E-state index in [0.29, 0.717) is 19.4 Å². The number of nitrogens with one attached hydrogen (secondary N) is 2. The van der Waals surface area contributed by atoms with E-state index < -0.39 is 0 Å². The number of benzene rings is 2. The maximum atomic E-state index is 5.42. The van der Waals surface area contributed by atoms with Gasteiger partial charge >= 0.3 is 0 Å². The lowest BCUT2D eigenvalue weighted by molar-refractivity contribution is 0.174. The Bertz CT molecular complexity index is 770. The molecule has 2 aromatic carbocycles. The fraction of sp³-hybridized carbons (Fsp3) is 0.381. The monoisotopic (exact) mass is 496 g/mol. The Morgan fingerprint density at radius 2 is 1.82 bits per heavy atom. The molecule has 0 saturated carbocycles. The van der Waals surface area contributed by atoms with E-state index in [2.05, 4.69) is 58.8 Å². The molecular weight excluding hydrogens is 467 g/mol. The molecule has 0 bridgehead atoms. The van der Waals surface area contributed by atoms with Crippen molar-refractivity contribution in [3.8, 4) is 11.5 Å². The molecule has 28 heavy (non-hydrogen) atoms. The normalized spacial score (nSPS) is 13.8. The number of aliphatic imine (C=N–C) groups is 1. The lowest BCUT2D eigenvalue weighted by Crippen LogP contribution is -2.44. The number of likely N-dealkylation sites (N-methyl/N-ethyl adjacent to an activating group) is 1. The molecule has 0 fully saturated rings. The Hall–Kier alpha value is -2.00. The van der Waals surface area contributed by atoms with Crippen LogP contribution in [0.4, 0.5) is 0 Å². The summed E-state index contributed by atoms with van der Waals surface area (Å²) >= 11 is 0. The first-order chi connectivity index (χ1) is 13.2. The second kappa shape index (κ2) is 11.1. The predicted molar refractivity (Wildman–Crippen MR) is 124 cm³/mol. The van der Waals surface area contributed by atoms with Crippen LogP contribution in [0.15, 0.2) is 53.5 Å². The summed E-state index contributed by atoms with van der Waals surface area (Å²) in [6, 6.07) is 16.9. The van der Waals surface area contributed by atoms with E-state index in [1.54, 1.807) is 7.05 Å². The average Bonchev–Trinajstić information content (AvgIpc) is 3.16.